The van der Waals surface area contributed by atoms with Crippen LogP contribution in [0, 0.1) is 5.82 Å². The second kappa shape index (κ2) is 7.43. The lowest BCUT2D eigenvalue weighted by Crippen LogP contribution is -2.23. The maximum Gasteiger partial charge on any atom is 0.128 e. The van der Waals surface area contributed by atoms with Crippen LogP contribution in [0.3, 0.4) is 0 Å². The first kappa shape index (κ1) is 16.5. The Hall–Kier alpha value is -0.840. The third-order valence-corrected chi connectivity index (χ3v) is 4.78. The molecule has 1 N–H and O–H groups in total. The minimum atomic E-state index is -0.178. The Kier molecular flexibility index (Phi) is 5.85. The van der Waals surface area contributed by atoms with E-state index in [0.29, 0.717) is 5.56 Å². The molecular weight excluding hydrogens is 349 g/mol. The molecule has 0 saturated heterocycles. The molecule has 4 heteroatoms. The molecule has 2 rings (SSSR count). The molecule has 2 atom stereocenters. The van der Waals surface area contributed by atoms with Crippen LogP contribution in [-0.2, 0) is 0 Å². The first-order valence-corrected chi connectivity index (χ1v) is 8.88. The number of nitrogens with one attached hydrogen (secondary N) is 1. The number of halogens is 2. The van der Waals surface area contributed by atoms with Crippen molar-refractivity contribution in [3.05, 3.63) is 63.9 Å². The smallest absolute Gasteiger partial charge is 0.128 e. The zero-order valence-corrected chi connectivity index (χ0v) is 14.8. The average molecular weight is 368 g/mol. The Bertz CT molecular complexity index is 600. The summed E-state index contributed by atoms with van der Waals surface area (Å²) in [5.74, 6) is -0.178. The van der Waals surface area contributed by atoms with E-state index < -0.39 is 0 Å². The van der Waals surface area contributed by atoms with Gasteiger partial charge in [0.1, 0.15) is 5.82 Å². The van der Waals surface area contributed by atoms with Crippen molar-refractivity contribution in [1.29, 1.82) is 0 Å². The van der Waals surface area contributed by atoms with Crippen molar-refractivity contribution in [3.8, 4) is 0 Å². The van der Waals surface area contributed by atoms with Gasteiger partial charge >= 0.3 is 0 Å². The summed E-state index contributed by atoms with van der Waals surface area (Å²) in [6.45, 7) is 4.08. The van der Waals surface area contributed by atoms with Gasteiger partial charge in [0.2, 0.25) is 0 Å². The third-order valence-electron chi connectivity index (χ3n) is 3.54. The first-order valence-electron chi connectivity index (χ1n) is 6.86. The minimum Gasteiger partial charge on any atom is -0.304 e. The van der Waals surface area contributed by atoms with Crippen molar-refractivity contribution >= 4 is 27.7 Å². The number of thioether (sulfide) groups is 1. The molecule has 0 aliphatic heterocycles. The van der Waals surface area contributed by atoms with Crippen molar-refractivity contribution in [2.45, 2.75) is 30.8 Å². The summed E-state index contributed by atoms with van der Waals surface area (Å²) >= 11 is 5.12. The maximum absolute atomic E-state index is 13.9. The molecule has 21 heavy (non-hydrogen) atoms. The summed E-state index contributed by atoms with van der Waals surface area (Å²) in [7, 11) is 0. The topological polar surface area (TPSA) is 12.0 Å². The summed E-state index contributed by atoms with van der Waals surface area (Å²) < 4.78 is 14.8. The van der Waals surface area contributed by atoms with Gasteiger partial charge in [-0.25, -0.2) is 4.39 Å². The van der Waals surface area contributed by atoms with Crippen LogP contribution in [0.2, 0.25) is 0 Å². The zero-order valence-electron chi connectivity index (χ0n) is 12.4. The Morgan fingerprint density at radius 3 is 2.33 bits per heavy atom. The Balaban J connectivity index is 2.10. The highest BCUT2D eigenvalue weighted by Crippen LogP contribution is 2.25. The van der Waals surface area contributed by atoms with E-state index >= 15 is 0 Å². The van der Waals surface area contributed by atoms with Gasteiger partial charge in [0.25, 0.3) is 0 Å². The molecule has 0 saturated carbocycles. The predicted molar refractivity (Wildman–Crippen MR) is 92.3 cm³/mol. The standard InChI is InChI=1S/C17H19BrFNS/c1-11(13-4-7-15(21-3)8-5-13)20-12(2)16-10-14(18)6-9-17(16)19/h4-12,20H,1-3H3. The highest BCUT2D eigenvalue weighted by atomic mass is 79.9. The first-order chi connectivity index (χ1) is 10.0. The average Bonchev–Trinajstić information content (AvgIpc) is 2.49. The lowest BCUT2D eigenvalue weighted by Gasteiger charge is -2.21. The molecule has 0 spiro atoms. The summed E-state index contributed by atoms with van der Waals surface area (Å²) in [6, 6.07) is 13.6. The van der Waals surface area contributed by atoms with Crippen LogP contribution in [0.25, 0.3) is 0 Å². The fourth-order valence-corrected chi connectivity index (χ4v) is 3.09. The van der Waals surface area contributed by atoms with Crippen molar-refractivity contribution in [3.63, 3.8) is 0 Å². The molecule has 2 aromatic rings. The van der Waals surface area contributed by atoms with Crippen molar-refractivity contribution in [2.24, 2.45) is 0 Å². The van der Waals surface area contributed by atoms with Gasteiger partial charge in [-0.3, -0.25) is 0 Å². The third kappa shape index (κ3) is 4.31. The van der Waals surface area contributed by atoms with Crippen molar-refractivity contribution in [2.75, 3.05) is 6.26 Å². The van der Waals surface area contributed by atoms with Gasteiger partial charge in [-0.2, -0.15) is 0 Å². The maximum atomic E-state index is 13.9. The van der Waals surface area contributed by atoms with Crippen LogP contribution in [0.4, 0.5) is 4.39 Å². The van der Waals surface area contributed by atoms with E-state index in [4.69, 9.17) is 0 Å². The van der Waals surface area contributed by atoms with Crippen LogP contribution < -0.4 is 5.32 Å². The second-order valence-electron chi connectivity index (χ2n) is 5.05. The summed E-state index contributed by atoms with van der Waals surface area (Å²) in [4.78, 5) is 1.25. The molecule has 0 radical (unpaired) electrons. The van der Waals surface area contributed by atoms with Crippen molar-refractivity contribution in [1.82, 2.24) is 5.32 Å². The minimum absolute atomic E-state index is 0.0577. The van der Waals surface area contributed by atoms with Crippen LogP contribution >= 0.6 is 27.7 Å². The molecule has 2 aromatic carbocycles. The van der Waals surface area contributed by atoms with E-state index in [1.807, 2.05) is 13.0 Å². The molecule has 112 valence electrons. The quantitative estimate of drug-likeness (QED) is 0.677. The molecule has 0 aliphatic rings. The predicted octanol–water partition coefficient (Wildman–Crippen LogP) is 5.72. The molecule has 0 heterocycles. The normalized spacial score (nSPS) is 14.0. The van der Waals surface area contributed by atoms with Crippen molar-refractivity contribution < 1.29 is 4.39 Å². The number of rotatable bonds is 5. The lowest BCUT2D eigenvalue weighted by molar-refractivity contribution is 0.473. The molecule has 0 amide bonds. The van der Waals surface area contributed by atoms with E-state index in [2.05, 4.69) is 58.7 Å². The molecule has 0 fully saturated rings. The van der Waals surface area contributed by atoms with Gasteiger partial charge in [-0.1, -0.05) is 28.1 Å². The Morgan fingerprint density at radius 1 is 1.05 bits per heavy atom. The van der Waals surface area contributed by atoms with Crippen LogP contribution in [-0.4, -0.2) is 6.26 Å². The zero-order chi connectivity index (χ0) is 15.4. The number of hydrogen-bond acceptors (Lipinski definition) is 2. The molecule has 0 aromatic heterocycles. The molecule has 1 nitrogen and oxygen atoms in total. The molecule has 0 aliphatic carbocycles. The summed E-state index contributed by atoms with van der Waals surface area (Å²) in [6.07, 6.45) is 2.06. The van der Waals surface area contributed by atoms with E-state index in [9.17, 15) is 4.39 Å². The van der Waals surface area contributed by atoms with Crippen LogP contribution in [0.5, 0.6) is 0 Å². The molecule has 0 bridgehead atoms. The highest BCUT2D eigenvalue weighted by molar-refractivity contribution is 9.10. The van der Waals surface area contributed by atoms with Gasteiger partial charge in [-0.05, 0) is 56.0 Å². The Labute approximate surface area is 138 Å². The lowest BCUT2D eigenvalue weighted by atomic mass is 10.0. The second-order valence-corrected chi connectivity index (χ2v) is 6.84. The van der Waals surface area contributed by atoms with Gasteiger partial charge in [0, 0.05) is 27.0 Å². The highest BCUT2D eigenvalue weighted by Gasteiger charge is 2.14. The fourth-order valence-electron chi connectivity index (χ4n) is 2.30. The van der Waals surface area contributed by atoms with Gasteiger partial charge < -0.3 is 5.32 Å². The van der Waals surface area contributed by atoms with E-state index in [-0.39, 0.29) is 17.9 Å². The summed E-state index contributed by atoms with van der Waals surface area (Å²) in [5.41, 5.74) is 1.88. The van der Waals surface area contributed by atoms with Crippen LogP contribution in [0.15, 0.2) is 51.8 Å². The van der Waals surface area contributed by atoms with Gasteiger partial charge in [0.15, 0.2) is 0 Å². The van der Waals surface area contributed by atoms with Crippen LogP contribution in [0.1, 0.15) is 37.1 Å². The largest absolute Gasteiger partial charge is 0.304 e. The van der Waals surface area contributed by atoms with Gasteiger partial charge in [0.05, 0.1) is 0 Å². The SMILES string of the molecule is CSc1ccc(C(C)NC(C)c2cc(Br)ccc2F)cc1. The van der Waals surface area contributed by atoms with E-state index in [0.717, 1.165) is 4.47 Å². The fraction of sp³-hybridized carbons (Fsp3) is 0.294. The molecule has 2 unspecified atom stereocenters. The van der Waals surface area contributed by atoms with Gasteiger partial charge in [-0.15, -0.1) is 11.8 Å². The van der Waals surface area contributed by atoms with E-state index in [1.165, 1.54) is 16.5 Å². The summed E-state index contributed by atoms with van der Waals surface area (Å²) in [5, 5.41) is 3.45. The van der Waals surface area contributed by atoms with E-state index in [1.54, 1.807) is 17.8 Å². The number of benzene rings is 2. The molecular formula is C17H19BrFNS. The monoisotopic (exact) mass is 367 g/mol. The Morgan fingerprint density at radius 2 is 1.71 bits per heavy atom. The number of hydrogen-bond donors (Lipinski definition) is 1.